The Kier molecular flexibility index (Phi) is 5.85. The van der Waals surface area contributed by atoms with E-state index in [4.69, 9.17) is 9.15 Å². The second kappa shape index (κ2) is 8.69. The normalized spacial score (nSPS) is 16.7. The highest BCUT2D eigenvalue weighted by Crippen LogP contribution is 2.31. The fourth-order valence-electron chi connectivity index (χ4n) is 3.51. The Labute approximate surface area is 174 Å². The molecule has 0 saturated heterocycles. The summed E-state index contributed by atoms with van der Waals surface area (Å²) in [5.41, 5.74) is 3.36. The molecule has 1 aromatic heterocycles. The molecule has 7 heteroatoms. The maximum atomic E-state index is 12.7. The Bertz CT molecular complexity index is 987. The first-order valence-electron chi connectivity index (χ1n) is 9.67. The summed E-state index contributed by atoms with van der Waals surface area (Å²) in [7, 11) is 1.62. The molecule has 6 nitrogen and oxygen atoms in total. The van der Waals surface area contributed by atoms with Crippen molar-refractivity contribution in [1.29, 1.82) is 0 Å². The Balaban J connectivity index is 1.39. The molecule has 0 saturated carbocycles. The number of aryl methyl sites for hydroxylation is 1. The molecule has 0 bridgehead atoms. The number of methoxy groups -OCH3 is 1. The van der Waals surface area contributed by atoms with Crippen LogP contribution in [0.5, 0.6) is 5.75 Å². The first-order chi connectivity index (χ1) is 14.1. The van der Waals surface area contributed by atoms with E-state index in [-0.39, 0.29) is 17.2 Å². The highest BCUT2D eigenvalue weighted by atomic mass is 32.2. The second-order valence-corrected chi connectivity index (χ2v) is 8.31. The zero-order valence-corrected chi connectivity index (χ0v) is 17.2. The lowest BCUT2D eigenvalue weighted by molar-refractivity contribution is -0.121. The van der Waals surface area contributed by atoms with Gasteiger partial charge in [-0.3, -0.25) is 4.79 Å². The van der Waals surface area contributed by atoms with Crippen molar-refractivity contribution in [3.8, 4) is 17.2 Å². The second-order valence-electron chi connectivity index (χ2n) is 7.01. The zero-order chi connectivity index (χ0) is 20.2. The number of aromatic nitrogens is 2. The van der Waals surface area contributed by atoms with Crippen LogP contribution in [0, 0.1) is 0 Å². The van der Waals surface area contributed by atoms with E-state index in [1.165, 1.54) is 22.9 Å². The van der Waals surface area contributed by atoms with E-state index in [0.29, 0.717) is 11.1 Å². The van der Waals surface area contributed by atoms with Crippen molar-refractivity contribution < 1.29 is 13.9 Å². The van der Waals surface area contributed by atoms with Crippen LogP contribution in [0.4, 0.5) is 0 Å². The summed E-state index contributed by atoms with van der Waals surface area (Å²) in [5.74, 6) is 1.15. The first-order valence-corrected chi connectivity index (χ1v) is 10.5. The fourth-order valence-corrected chi connectivity index (χ4v) is 4.20. The van der Waals surface area contributed by atoms with Gasteiger partial charge in [0.1, 0.15) is 5.75 Å². The molecular weight excluding hydrogens is 386 g/mol. The smallest absolute Gasteiger partial charge is 0.277 e. The fraction of sp³-hybridized carbons (Fsp3) is 0.318. The predicted molar refractivity (Wildman–Crippen MR) is 112 cm³/mol. The van der Waals surface area contributed by atoms with Crippen LogP contribution in [-0.4, -0.2) is 28.5 Å². The molecule has 1 aliphatic rings. The highest BCUT2D eigenvalue weighted by Gasteiger charge is 2.25. The molecule has 0 spiro atoms. The average molecular weight is 410 g/mol. The van der Waals surface area contributed by atoms with Crippen LogP contribution in [0.15, 0.2) is 58.2 Å². The number of thioether (sulfide) groups is 1. The minimum atomic E-state index is -0.340. The standard InChI is InChI=1S/C22H23N3O3S/c1-14(20(26)23-19-9-5-7-15-6-3-4-8-18(15)19)29-22-25-24-21(28-22)16-10-12-17(27-2)13-11-16/h3-4,6,8,10-14,19H,5,7,9H2,1-2H3,(H,23,26). The van der Waals surface area contributed by atoms with E-state index < -0.39 is 0 Å². The molecule has 0 aliphatic heterocycles. The highest BCUT2D eigenvalue weighted by molar-refractivity contribution is 8.00. The van der Waals surface area contributed by atoms with Crippen LogP contribution in [-0.2, 0) is 11.2 Å². The molecule has 2 atom stereocenters. The van der Waals surface area contributed by atoms with E-state index in [1.54, 1.807) is 7.11 Å². The van der Waals surface area contributed by atoms with Crippen LogP contribution in [0.25, 0.3) is 11.5 Å². The molecular formula is C22H23N3O3S. The monoisotopic (exact) mass is 409 g/mol. The number of carbonyl (C=O) groups is 1. The number of carbonyl (C=O) groups excluding carboxylic acids is 1. The van der Waals surface area contributed by atoms with Gasteiger partial charge < -0.3 is 14.5 Å². The maximum absolute atomic E-state index is 12.7. The van der Waals surface area contributed by atoms with Gasteiger partial charge in [-0.05, 0) is 61.6 Å². The van der Waals surface area contributed by atoms with E-state index in [2.05, 4.69) is 33.7 Å². The van der Waals surface area contributed by atoms with Crippen molar-refractivity contribution in [3.05, 3.63) is 59.7 Å². The topological polar surface area (TPSA) is 77.2 Å². The summed E-state index contributed by atoms with van der Waals surface area (Å²) in [6, 6.07) is 15.8. The van der Waals surface area contributed by atoms with E-state index in [0.717, 1.165) is 30.6 Å². The zero-order valence-electron chi connectivity index (χ0n) is 16.4. The molecule has 0 fully saturated rings. The molecule has 2 unspecified atom stereocenters. The molecule has 150 valence electrons. The molecule has 3 aromatic rings. The van der Waals surface area contributed by atoms with Crippen molar-refractivity contribution in [3.63, 3.8) is 0 Å². The molecule has 1 aliphatic carbocycles. The van der Waals surface area contributed by atoms with Gasteiger partial charge in [-0.2, -0.15) is 0 Å². The molecule has 2 aromatic carbocycles. The van der Waals surface area contributed by atoms with E-state index in [1.807, 2.05) is 37.3 Å². The minimum Gasteiger partial charge on any atom is -0.497 e. The Morgan fingerprint density at radius 3 is 2.79 bits per heavy atom. The van der Waals surface area contributed by atoms with Gasteiger partial charge in [-0.15, -0.1) is 10.2 Å². The van der Waals surface area contributed by atoms with Gasteiger partial charge in [-0.1, -0.05) is 36.0 Å². The van der Waals surface area contributed by atoms with Gasteiger partial charge in [-0.25, -0.2) is 0 Å². The molecule has 1 heterocycles. The number of rotatable bonds is 6. The van der Waals surface area contributed by atoms with Gasteiger partial charge in [0.15, 0.2) is 0 Å². The molecule has 4 rings (SSSR count). The van der Waals surface area contributed by atoms with Crippen LogP contribution >= 0.6 is 11.8 Å². The third-order valence-electron chi connectivity index (χ3n) is 5.08. The molecule has 1 amide bonds. The number of nitrogens with zero attached hydrogens (tertiary/aromatic N) is 2. The van der Waals surface area contributed by atoms with Crippen molar-refractivity contribution in [2.45, 2.75) is 42.7 Å². The van der Waals surface area contributed by atoms with Crippen LogP contribution < -0.4 is 10.1 Å². The summed E-state index contributed by atoms with van der Waals surface area (Å²) >= 11 is 1.27. The minimum absolute atomic E-state index is 0.0269. The van der Waals surface area contributed by atoms with Gasteiger partial charge in [0.05, 0.1) is 18.4 Å². The number of benzene rings is 2. The summed E-state index contributed by atoms with van der Waals surface area (Å²) < 4.78 is 10.9. The molecule has 0 radical (unpaired) electrons. The summed E-state index contributed by atoms with van der Waals surface area (Å²) in [6.07, 6.45) is 3.11. The van der Waals surface area contributed by atoms with E-state index in [9.17, 15) is 4.79 Å². The van der Waals surface area contributed by atoms with Crippen LogP contribution in [0.2, 0.25) is 0 Å². The average Bonchev–Trinajstić information content (AvgIpc) is 3.22. The van der Waals surface area contributed by atoms with Crippen LogP contribution in [0.1, 0.15) is 36.9 Å². The maximum Gasteiger partial charge on any atom is 0.277 e. The first kappa shape index (κ1) is 19.5. The van der Waals surface area contributed by atoms with Crippen LogP contribution in [0.3, 0.4) is 0 Å². The van der Waals surface area contributed by atoms with Crippen molar-refractivity contribution in [2.24, 2.45) is 0 Å². The number of nitrogens with one attached hydrogen (secondary N) is 1. The van der Waals surface area contributed by atoms with Gasteiger partial charge in [0.25, 0.3) is 5.22 Å². The molecule has 29 heavy (non-hydrogen) atoms. The third-order valence-corrected chi connectivity index (χ3v) is 6.01. The summed E-state index contributed by atoms with van der Waals surface area (Å²) in [5, 5.41) is 11.4. The number of amides is 1. The largest absolute Gasteiger partial charge is 0.497 e. The Morgan fingerprint density at radius 2 is 2.00 bits per heavy atom. The number of hydrogen-bond acceptors (Lipinski definition) is 6. The number of hydrogen-bond donors (Lipinski definition) is 1. The Morgan fingerprint density at radius 1 is 1.21 bits per heavy atom. The number of fused-ring (bicyclic) bond motifs is 1. The van der Waals surface area contributed by atoms with Gasteiger partial charge >= 0.3 is 0 Å². The quantitative estimate of drug-likeness (QED) is 0.607. The van der Waals surface area contributed by atoms with Crippen molar-refractivity contribution >= 4 is 17.7 Å². The summed E-state index contributed by atoms with van der Waals surface area (Å²) in [4.78, 5) is 12.7. The van der Waals surface area contributed by atoms with Crippen molar-refractivity contribution in [1.82, 2.24) is 15.5 Å². The lowest BCUT2D eigenvalue weighted by Gasteiger charge is -2.27. The lowest BCUT2D eigenvalue weighted by atomic mass is 9.88. The molecule has 1 N–H and O–H groups in total. The van der Waals surface area contributed by atoms with E-state index >= 15 is 0 Å². The van der Waals surface area contributed by atoms with Gasteiger partial charge in [0, 0.05) is 5.56 Å². The predicted octanol–water partition coefficient (Wildman–Crippen LogP) is 4.42. The van der Waals surface area contributed by atoms with Crippen molar-refractivity contribution in [2.75, 3.05) is 7.11 Å². The summed E-state index contributed by atoms with van der Waals surface area (Å²) in [6.45, 7) is 1.85. The SMILES string of the molecule is COc1ccc(-c2nnc(SC(C)C(=O)NC3CCCc4ccccc43)o2)cc1. The third kappa shape index (κ3) is 4.45. The Hall–Kier alpha value is -2.80. The van der Waals surface area contributed by atoms with Gasteiger partial charge in [0.2, 0.25) is 11.8 Å². The number of ether oxygens (including phenoxy) is 1. The lowest BCUT2D eigenvalue weighted by Crippen LogP contribution is -2.35.